The summed E-state index contributed by atoms with van der Waals surface area (Å²) in [6, 6.07) is 12.3. The first-order valence-electron chi connectivity index (χ1n) is 7.42. The minimum atomic E-state index is -0.431. The van der Waals surface area contributed by atoms with E-state index in [0.29, 0.717) is 33.1 Å². The Bertz CT molecular complexity index is 853. The van der Waals surface area contributed by atoms with Crippen LogP contribution in [0.15, 0.2) is 48.7 Å². The first-order chi connectivity index (χ1) is 12.0. The number of hydrogen-bond donors (Lipinski definition) is 1. The number of ether oxygens (including phenoxy) is 1. The highest BCUT2D eigenvalue weighted by Gasteiger charge is 2.19. The van der Waals surface area contributed by atoms with Gasteiger partial charge in [-0.3, -0.25) is 0 Å². The van der Waals surface area contributed by atoms with Crippen molar-refractivity contribution in [2.24, 2.45) is 0 Å². The van der Waals surface area contributed by atoms with Crippen molar-refractivity contribution in [3.05, 3.63) is 75.0 Å². The van der Waals surface area contributed by atoms with Gasteiger partial charge in [-0.05, 0) is 36.4 Å². The number of nitrogens with zero attached hydrogens (tertiary/aromatic N) is 3. The second-order valence-corrected chi connectivity index (χ2v) is 6.60. The number of hydrogen-bond acceptors (Lipinski definition) is 4. The molecule has 1 heterocycles. The molecule has 0 saturated carbocycles. The molecule has 1 unspecified atom stereocenters. The zero-order valence-electron chi connectivity index (χ0n) is 12.9. The van der Waals surface area contributed by atoms with Gasteiger partial charge in [0, 0.05) is 20.6 Å². The second kappa shape index (κ2) is 8.06. The Labute approximate surface area is 159 Å². The summed E-state index contributed by atoms with van der Waals surface area (Å²) in [6.45, 7) is 0.182. The quantitative estimate of drug-likeness (QED) is 0.661. The fourth-order valence-electron chi connectivity index (χ4n) is 2.31. The molecule has 3 aromatic rings. The zero-order valence-corrected chi connectivity index (χ0v) is 15.2. The Balaban J connectivity index is 1.90. The Morgan fingerprint density at radius 3 is 2.40 bits per heavy atom. The average molecular weight is 399 g/mol. The highest BCUT2D eigenvalue weighted by atomic mass is 35.5. The maximum atomic E-state index is 9.14. The Morgan fingerprint density at radius 1 is 1.04 bits per heavy atom. The van der Waals surface area contributed by atoms with Gasteiger partial charge in [-0.2, -0.15) is 0 Å². The van der Waals surface area contributed by atoms with Crippen molar-refractivity contribution in [1.29, 1.82) is 0 Å². The standard InChI is InChI=1S/C17H14Cl3N3O2/c18-11-1-4-14(5-2-11)25-17(9-23-8-13(10-24)21-22-23)15-6-3-12(19)7-16(15)20/h1-8,17,24H,9-10H2. The molecular formula is C17H14Cl3N3O2. The van der Waals surface area contributed by atoms with E-state index in [2.05, 4.69) is 10.3 Å². The van der Waals surface area contributed by atoms with Gasteiger partial charge in [0.1, 0.15) is 17.5 Å². The molecule has 2 aromatic carbocycles. The molecule has 0 bridgehead atoms. The third kappa shape index (κ3) is 4.64. The van der Waals surface area contributed by atoms with E-state index in [0.717, 1.165) is 5.56 Å². The molecule has 25 heavy (non-hydrogen) atoms. The number of aliphatic hydroxyl groups excluding tert-OH is 1. The Kier molecular flexibility index (Phi) is 5.81. The van der Waals surface area contributed by atoms with E-state index in [1.54, 1.807) is 47.3 Å². The van der Waals surface area contributed by atoms with Crippen molar-refractivity contribution in [2.75, 3.05) is 0 Å². The van der Waals surface area contributed by atoms with Gasteiger partial charge in [0.15, 0.2) is 0 Å². The van der Waals surface area contributed by atoms with Crippen LogP contribution in [-0.4, -0.2) is 20.1 Å². The van der Waals surface area contributed by atoms with E-state index in [1.165, 1.54) is 0 Å². The van der Waals surface area contributed by atoms with Crippen LogP contribution < -0.4 is 4.74 Å². The van der Waals surface area contributed by atoms with Crippen molar-refractivity contribution in [2.45, 2.75) is 19.3 Å². The van der Waals surface area contributed by atoms with Gasteiger partial charge in [0.2, 0.25) is 0 Å². The van der Waals surface area contributed by atoms with Crippen LogP contribution in [0.3, 0.4) is 0 Å². The third-order valence-corrected chi connectivity index (χ3v) is 4.32. The molecule has 0 radical (unpaired) electrons. The molecule has 0 saturated heterocycles. The predicted molar refractivity (Wildman–Crippen MR) is 97.2 cm³/mol. The molecule has 1 aromatic heterocycles. The van der Waals surface area contributed by atoms with Crippen LogP contribution in [0.1, 0.15) is 17.4 Å². The fourth-order valence-corrected chi connectivity index (χ4v) is 2.97. The SMILES string of the molecule is OCc1cn(CC(Oc2ccc(Cl)cc2)c2ccc(Cl)cc2Cl)nn1. The molecule has 130 valence electrons. The van der Waals surface area contributed by atoms with Gasteiger partial charge in [-0.1, -0.05) is 46.1 Å². The molecule has 5 nitrogen and oxygen atoms in total. The van der Waals surface area contributed by atoms with Crippen LogP contribution in [0.2, 0.25) is 15.1 Å². The summed E-state index contributed by atoms with van der Waals surface area (Å²) in [4.78, 5) is 0. The lowest BCUT2D eigenvalue weighted by molar-refractivity contribution is 0.177. The minimum absolute atomic E-state index is 0.176. The second-order valence-electron chi connectivity index (χ2n) is 5.32. The number of benzene rings is 2. The molecule has 0 aliphatic rings. The largest absolute Gasteiger partial charge is 0.484 e. The maximum absolute atomic E-state index is 9.14. The minimum Gasteiger partial charge on any atom is -0.484 e. The molecule has 8 heteroatoms. The first kappa shape index (κ1) is 18.0. The molecule has 0 fully saturated rings. The summed E-state index contributed by atoms with van der Waals surface area (Å²) in [5.41, 5.74) is 1.24. The molecule has 0 aliphatic heterocycles. The van der Waals surface area contributed by atoms with Crippen LogP contribution in [0.5, 0.6) is 5.75 Å². The third-order valence-electron chi connectivity index (χ3n) is 3.50. The lowest BCUT2D eigenvalue weighted by Gasteiger charge is -2.20. The highest BCUT2D eigenvalue weighted by molar-refractivity contribution is 6.35. The monoisotopic (exact) mass is 397 g/mol. The topological polar surface area (TPSA) is 60.2 Å². The van der Waals surface area contributed by atoms with Gasteiger partial charge >= 0.3 is 0 Å². The van der Waals surface area contributed by atoms with E-state index >= 15 is 0 Å². The summed E-state index contributed by atoms with van der Waals surface area (Å²) in [5.74, 6) is 0.642. The number of halogens is 3. The van der Waals surface area contributed by atoms with Crippen LogP contribution >= 0.6 is 34.8 Å². The van der Waals surface area contributed by atoms with Gasteiger partial charge in [-0.15, -0.1) is 5.10 Å². The van der Waals surface area contributed by atoms with Crippen molar-refractivity contribution in [1.82, 2.24) is 15.0 Å². The molecule has 0 spiro atoms. The van der Waals surface area contributed by atoms with Gasteiger partial charge < -0.3 is 9.84 Å². The number of rotatable bonds is 6. The normalized spacial score (nSPS) is 12.2. The molecule has 1 N–H and O–H groups in total. The van der Waals surface area contributed by atoms with Crippen LogP contribution in [0, 0.1) is 0 Å². The smallest absolute Gasteiger partial charge is 0.145 e. The molecular weight excluding hydrogens is 385 g/mol. The van der Waals surface area contributed by atoms with Gasteiger partial charge in [-0.25, -0.2) is 4.68 Å². The van der Waals surface area contributed by atoms with E-state index in [9.17, 15) is 0 Å². The number of aliphatic hydroxyl groups is 1. The Morgan fingerprint density at radius 2 is 1.76 bits per heavy atom. The maximum Gasteiger partial charge on any atom is 0.145 e. The van der Waals surface area contributed by atoms with E-state index in [-0.39, 0.29) is 6.61 Å². The van der Waals surface area contributed by atoms with Crippen LogP contribution in [0.25, 0.3) is 0 Å². The molecule has 0 aliphatic carbocycles. The highest BCUT2D eigenvalue weighted by Crippen LogP contribution is 2.31. The first-order valence-corrected chi connectivity index (χ1v) is 8.55. The molecule has 3 rings (SSSR count). The lowest BCUT2D eigenvalue weighted by Crippen LogP contribution is -2.16. The van der Waals surface area contributed by atoms with Gasteiger partial charge in [0.25, 0.3) is 0 Å². The summed E-state index contributed by atoms with van der Waals surface area (Å²) in [7, 11) is 0. The van der Waals surface area contributed by atoms with Gasteiger partial charge in [0.05, 0.1) is 19.3 Å². The molecule has 0 amide bonds. The average Bonchev–Trinajstić information content (AvgIpc) is 3.04. The Hall–Kier alpha value is -1.79. The van der Waals surface area contributed by atoms with Crippen molar-refractivity contribution >= 4 is 34.8 Å². The predicted octanol–water partition coefficient (Wildman–Crippen LogP) is 4.55. The lowest BCUT2D eigenvalue weighted by atomic mass is 10.1. The van der Waals surface area contributed by atoms with Crippen molar-refractivity contribution in [3.63, 3.8) is 0 Å². The zero-order chi connectivity index (χ0) is 17.8. The van der Waals surface area contributed by atoms with E-state index in [1.807, 2.05) is 6.07 Å². The summed E-state index contributed by atoms with van der Waals surface area (Å²) in [6.07, 6.45) is 1.22. The van der Waals surface area contributed by atoms with Crippen LogP contribution in [-0.2, 0) is 13.2 Å². The van der Waals surface area contributed by atoms with Crippen LogP contribution in [0.4, 0.5) is 0 Å². The van der Waals surface area contributed by atoms with E-state index in [4.69, 9.17) is 44.6 Å². The fraction of sp³-hybridized carbons (Fsp3) is 0.176. The summed E-state index contributed by atoms with van der Waals surface area (Å²) >= 11 is 18.2. The molecule has 1 atom stereocenters. The van der Waals surface area contributed by atoms with E-state index < -0.39 is 6.10 Å². The number of aromatic nitrogens is 3. The van der Waals surface area contributed by atoms with Crippen molar-refractivity contribution < 1.29 is 9.84 Å². The summed E-state index contributed by atoms with van der Waals surface area (Å²) in [5, 5.41) is 18.7. The van der Waals surface area contributed by atoms with Crippen molar-refractivity contribution in [3.8, 4) is 5.75 Å². The summed E-state index contributed by atoms with van der Waals surface area (Å²) < 4.78 is 7.68.